The van der Waals surface area contributed by atoms with Crippen LogP contribution in [-0.4, -0.2) is 89.2 Å². The van der Waals surface area contributed by atoms with Gasteiger partial charge >= 0.3 is 5.97 Å². The number of aliphatic carboxylic acids is 1. The number of hydrogen-bond donors (Lipinski definition) is 2. The van der Waals surface area contributed by atoms with E-state index >= 15 is 0 Å². The predicted molar refractivity (Wildman–Crippen MR) is 202 cm³/mol. The molecule has 2 aromatic carbocycles. The molecule has 1 aromatic heterocycles. The fourth-order valence-corrected chi connectivity index (χ4v) is 8.24. The van der Waals surface area contributed by atoms with Gasteiger partial charge in [-0.05, 0) is 76.1 Å². The largest absolute Gasteiger partial charge is 0.497 e. The molecule has 3 heterocycles. The number of rotatable bonds is 11. The number of methoxy groups -OCH3 is 1. The molecule has 5 atom stereocenters. The minimum atomic E-state index is -0.685. The van der Waals surface area contributed by atoms with Crippen LogP contribution in [0.2, 0.25) is 0 Å². The molecule has 7 rings (SSSR count). The average molecular weight is 711 g/mol. The Morgan fingerprint density at radius 3 is 2.37 bits per heavy atom. The van der Waals surface area contributed by atoms with Gasteiger partial charge in [0.2, 0.25) is 11.8 Å². The molecule has 2 N–H and O–H groups in total. The molecule has 0 bridgehead atoms. The first-order chi connectivity index (χ1) is 25.3. The lowest BCUT2D eigenvalue weighted by Gasteiger charge is -2.42. The van der Waals surface area contributed by atoms with E-state index in [0.717, 1.165) is 73.1 Å². The van der Waals surface area contributed by atoms with Crippen LogP contribution in [0, 0.1) is 17.8 Å². The van der Waals surface area contributed by atoms with Crippen molar-refractivity contribution in [2.75, 3.05) is 33.3 Å². The summed E-state index contributed by atoms with van der Waals surface area (Å²) >= 11 is 0. The quantitative estimate of drug-likeness (QED) is 0.211. The van der Waals surface area contributed by atoms with E-state index in [2.05, 4.69) is 16.8 Å². The maximum Gasteiger partial charge on any atom is 0.307 e. The molecule has 278 valence electrons. The highest BCUT2D eigenvalue weighted by molar-refractivity contribution is 5.91. The van der Waals surface area contributed by atoms with Gasteiger partial charge in [0.05, 0.1) is 36.8 Å². The van der Waals surface area contributed by atoms with Gasteiger partial charge in [-0.2, -0.15) is 0 Å². The van der Waals surface area contributed by atoms with Crippen molar-refractivity contribution in [2.24, 2.45) is 17.8 Å². The summed E-state index contributed by atoms with van der Waals surface area (Å²) in [6.07, 6.45) is 11.9. The minimum Gasteiger partial charge on any atom is -0.497 e. The number of carbonyl (C=O) groups excluding carboxylic acids is 2. The van der Waals surface area contributed by atoms with Crippen LogP contribution in [-0.2, 0) is 14.4 Å². The van der Waals surface area contributed by atoms with Crippen molar-refractivity contribution in [3.05, 3.63) is 67.3 Å². The van der Waals surface area contributed by atoms with E-state index in [-0.39, 0.29) is 35.8 Å². The maximum absolute atomic E-state index is 14.6. The molecular weight excluding hydrogens is 656 g/mol. The predicted octanol–water partition coefficient (Wildman–Crippen LogP) is 6.72. The Morgan fingerprint density at radius 2 is 1.73 bits per heavy atom. The third-order valence-corrected chi connectivity index (χ3v) is 11.1. The number of piperidine rings is 1. The molecule has 10 nitrogen and oxygen atoms in total. The van der Waals surface area contributed by atoms with Crippen LogP contribution >= 0.6 is 0 Å². The van der Waals surface area contributed by atoms with E-state index in [0.29, 0.717) is 31.2 Å². The van der Waals surface area contributed by atoms with Crippen molar-refractivity contribution in [3.63, 3.8) is 0 Å². The van der Waals surface area contributed by atoms with Crippen LogP contribution in [0.5, 0.6) is 11.5 Å². The topological polar surface area (TPSA) is 121 Å². The lowest BCUT2D eigenvalue weighted by atomic mass is 9.82. The highest BCUT2D eigenvalue weighted by atomic mass is 16.5. The summed E-state index contributed by atoms with van der Waals surface area (Å²) in [5, 5.41) is 12.2. The number of carbonyl (C=O) groups is 3. The van der Waals surface area contributed by atoms with Crippen molar-refractivity contribution in [1.82, 2.24) is 20.1 Å². The number of carboxylic acids is 1. The number of carboxylic acid groups (broad SMARTS) is 1. The van der Waals surface area contributed by atoms with E-state index in [1.54, 1.807) is 13.2 Å². The van der Waals surface area contributed by atoms with Gasteiger partial charge in [-0.25, -0.2) is 4.98 Å². The molecule has 2 aliphatic carbocycles. The van der Waals surface area contributed by atoms with Crippen LogP contribution in [0.3, 0.4) is 0 Å². The second kappa shape index (κ2) is 17.4. The zero-order valence-corrected chi connectivity index (χ0v) is 30.7. The Kier molecular flexibility index (Phi) is 12.5. The first-order valence-electron chi connectivity index (χ1n) is 19.2. The van der Waals surface area contributed by atoms with Crippen molar-refractivity contribution in [1.29, 1.82) is 0 Å². The van der Waals surface area contributed by atoms with Crippen LogP contribution in [0.25, 0.3) is 22.2 Å². The molecule has 2 unspecified atom stereocenters. The Labute approximate surface area is 307 Å². The third-order valence-electron chi connectivity index (χ3n) is 11.1. The van der Waals surface area contributed by atoms with Gasteiger partial charge in [0.25, 0.3) is 0 Å². The van der Waals surface area contributed by atoms with Crippen LogP contribution < -0.4 is 14.8 Å². The summed E-state index contributed by atoms with van der Waals surface area (Å²) in [4.78, 5) is 47.4. The molecule has 4 aliphatic rings. The Balaban J connectivity index is 0.000000514. The molecule has 0 spiro atoms. The molecule has 52 heavy (non-hydrogen) atoms. The molecule has 3 aromatic rings. The number of likely N-dealkylation sites (N-methyl/N-ethyl adjacent to an activating group) is 1. The molecule has 2 aliphatic heterocycles. The fourth-order valence-electron chi connectivity index (χ4n) is 8.24. The van der Waals surface area contributed by atoms with E-state index in [9.17, 15) is 14.4 Å². The molecule has 4 fully saturated rings. The first-order valence-corrected chi connectivity index (χ1v) is 19.2. The van der Waals surface area contributed by atoms with E-state index in [1.165, 1.54) is 25.7 Å². The Morgan fingerprint density at radius 1 is 1.00 bits per heavy atom. The smallest absolute Gasteiger partial charge is 0.307 e. The first kappa shape index (κ1) is 37.3. The molecule has 0 radical (unpaired) electrons. The number of likely N-dealkylation sites (tertiary alicyclic amines) is 2. The zero-order chi connectivity index (χ0) is 36.6. The Bertz CT molecular complexity index is 1690. The van der Waals surface area contributed by atoms with Gasteiger partial charge in [0.1, 0.15) is 23.6 Å². The summed E-state index contributed by atoms with van der Waals surface area (Å²) in [6, 6.07) is 17.1. The van der Waals surface area contributed by atoms with Crippen molar-refractivity contribution >= 4 is 28.7 Å². The Hall–Kier alpha value is -4.44. The van der Waals surface area contributed by atoms with Gasteiger partial charge in [0, 0.05) is 36.0 Å². The molecular formula is C42H54N4O6. The van der Waals surface area contributed by atoms with Crippen molar-refractivity contribution in [3.8, 4) is 22.8 Å². The van der Waals surface area contributed by atoms with E-state index in [1.807, 2.05) is 66.4 Å². The normalized spacial score (nSPS) is 23.9. The number of nitrogens with zero attached hydrogens (tertiary/aromatic N) is 3. The zero-order valence-electron chi connectivity index (χ0n) is 30.7. The average Bonchev–Trinajstić information content (AvgIpc) is 3.87. The van der Waals surface area contributed by atoms with E-state index in [4.69, 9.17) is 19.6 Å². The number of aromatic nitrogens is 1. The summed E-state index contributed by atoms with van der Waals surface area (Å²) in [7, 11) is 1.65. The SMILES string of the molecule is C=CC1CC1C(=O)O.CCNC(=O)[C@@H]1C[C@@H](Oc2cc(-c3ccccc3)nc3cc(OC)ccc23)CN1C(=O)[C@H](C1CCCCC1)N1CCCCC1. The fraction of sp³-hybridized carbons (Fsp3) is 0.524. The van der Waals surface area contributed by atoms with Gasteiger partial charge in [-0.1, -0.05) is 62.1 Å². The number of amides is 2. The summed E-state index contributed by atoms with van der Waals surface area (Å²) in [5.74, 6) is 1.23. The van der Waals surface area contributed by atoms with Crippen molar-refractivity contribution < 1.29 is 29.0 Å². The van der Waals surface area contributed by atoms with Crippen LogP contribution in [0.15, 0.2) is 67.3 Å². The molecule has 2 amide bonds. The number of fused-ring (bicyclic) bond motifs is 1. The monoisotopic (exact) mass is 710 g/mol. The number of ether oxygens (including phenoxy) is 2. The van der Waals surface area contributed by atoms with E-state index < -0.39 is 12.0 Å². The number of benzene rings is 2. The second-order valence-corrected chi connectivity index (χ2v) is 14.7. The van der Waals surface area contributed by atoms with Crippen LogP contribution in [0.1, 0.15) is 71.1 Å². The number of hydrogen-bond acceptors (Lipinski definition) is 7. The van der Waals surface area contributed by atoms with Gasteiger partial charge in [-0.15, -0.1) is 6.58 Å². The molecule has 2 saturated carbocycles. The third kappa shape index (κ3) is 8.77. The molecule has 2 saturated heterocycles. The maximum atomic E-state index is 14.6. The number of allylic oxidation sites excluding steroid dienone is 1. The second-order valence-electron chi connectivity index (χ2n) is 14.7. The minimum absolute atomic E-state index is 0.0951. The van der Waals surface area contributed by atoms with Crippen LogP contribution in [0.4, 0.5) is 0 Å². The van der Waals surface area contributed by atoms with Crippen molar-refractivity contribution in [2.45, 2.75) is 89.3 Å². The van der Waals surface area contributed by atoms with Gasteiger partial charge in [0.15, 0.2) is 0 Å². The molecule has 10 heteroatoms. The lowest BCUT2D eigenvalue weighted by molar-refractivity contribution is -0.145. The summed E-state index contributed by atoms with van der Waals surface area (Å²) in [5.41, 5.74) is 2.56. The standard InChI is InChI=1S/C36H46N4O4.C6H8O2/c1-3-37-35(41)32-22-28(24-40(32)36(42)34(26-15-9-5-10-16-26)39-19-11-6-12-20-39)44-33-23-30(25-13-7-4-8-14-25)38-31-21-27(43-2)17-18-29(31)33;1-2-4-3-5(4)6(7)8/h4,7-8,13-14,17-18,21,23,26,28,32,34H,3,5-6,9-12,15-16,19-20,22,24H2,1-2H3,(H,37,41);2,4-5H,1,3H2,(H,7,8)/t28-,32+,34+;/m1./s1. The lowest BCUT2D eigenvalue weighted by Crippen LogP contribution is -2.57. The number of pyridine rings is 1. The highest BCUT2D eigenvalue weighted by Crippen LogP contribution is 2.39. The summed E-state index contributed by atoms with van der Waals surface area (Å²) < 4.78 is 12.3. The highest BCUT2D eigenvalue weighted by Gasteiger charge is 2.46. The number of nitrogens with one attached hydrogen (secondary N) is 1. The summed E-state index contributed by atoms with van der Waals surface area (Å²) in [6.45, 7) is 8.25. The van der Waals surface area contributed by atoms with Gasteiger partial charge < -0.3 is 24.8 Å². The van der Waals surface area contributed by atoms with Gasteiger partial charge in [-0.3, -0.25) is 19.3 Å².